The molecule has 2 amide bonds. The Morgan fingerprint density at radius 1 is 1.33 bits per heavy atom. The first-order chi connectivity index (χ1) is 12.7. The van der Waals surface area contributed by atoms with Crippen LogP contribution in [0, 0.1) is 0 Å². The molecule has 0 radical (unpaired) electrons. The Morgan fingerprint density at radius 3 is 2.81 bits per heavy atom. The van der Waals surface area contributed by atoms with E-state index in [1.165, 1.54) is 6.07 Å². The monoisotopic (exact) mass is 397 g/mol. The predicted molar refractivity (Wildman–Crippen MR) is 93.2 cm³/mol. The highest BCUT2D eigenvalue weighted by Crippen LogP contribution is 2.43. The minimum Gasteiger partial charge on any atom is -0.368 e. The number of rotatable bonds is 1. The predicted octanol–water partition coefficient (Wildman–Crippen LogP) is 4.02. The average molecular weight is 398 g/mol. The van der Waals surface area contributed by atoms with Crippen LogP contribution in [0.1, 0.15) is 35.7 Å². The summed E-state index contributed by atoms with van der Waals surface area (Å²) in [7, 11) is 0. The molecule has 2 aliphatic heterocycles. The van der Waals surface area contributed by atoms with Gasteiger partial charge in [-0.1, -0.05) is 11.6 Å². The molecule has 2 atom stereocenters. The van der Waals surface area contributed by atoms with E-state index in [4.69, 9.17) is 17.3 Å². The average Bonchev–Trinajstić information content (AvgIpc) is 2.89. The largest absolute Gasteiger partial charge is 0.417 e. The van der Waals surface area contributed by atoms with Crippen LogP contribution in [0.25, 0.3) is 0 Å². The van der Waals surface area contributed by atoms with E-state index >= 15 is 0 Å². The van der Waals surface area contributed by atoms with Gasteiger partial charge >= 0.3 is 12.2 Å². The number of carbonyl (C=O) groups excluding carboxylic acids is 1. The van der Waals surface area contributed by atoms with Gasteiger partial charge in [0.1, 0.15) is 0 Å². The van der Waals surface area contributed by atoms with Crippen molar-refractivity contribution in [1.29, 1.82) is 0 Å². The van der Waals surface area contributed by atoms with Gasteiger partial charge in [0.15, 0.2) is 0 Å². The molecule has 6 nitrogen and oxygen atoms in total. The summed E-state index contributed by atoms with van der Waals surface area (Å²) in [6, 6.07) is 2.54. The molecule has 3 N–H and O–H groups in total. The molecular weight excluding hydrogens is 383 g/mol. The van der Waals surface area contributed by atoms with Crippen LogP contribution in [0.2, 0.25) is 5.02 Å². The molecule has 10 heteroatoms. The number of benzene rings is 1. The quantitative estimate of drug-likeness (QED) is 0.761. The van der Waals surface area contributed by atoms with Gasteiger partial charge in [-0.2, -0.15) is 13.2 Å². The van der Waals surface area contributed by atoms with E-state index in [0.29, 0.717) is 6.42 Å². The van der Waals surface area contributed by atoms with Crippen LogP contribution in [0.3, 0.4) is 0 Å². The maximum Gasteiger partial charge on any atom is 0.417 e. The number of nitrogens with two attached hydrogens (primary N) is 1. The van der Waals surface area contributed by atoms with Gasteiger partial charge in [0.25, 0.3) is 0 Å². The van der Waals surface area contributed by atoms with Crippen LogP contribution in [0.15, 0.2) is 24.4 Å². The standard InChI is InChI=1S/C17H15ClF3N5O/c18-12-5-8(1-3-11(12)17(19,20)21)24-16(27)26-9-2-4-14(26)10-7-23-15(22)25-13(10)6-9/h1,3,5,7,9,14H,2,4,6H2,(H,24,27)(H2,22,23,25). The van der Waals surface area contributed by atoms with Crippen molar-refractivity contribution in [3.63, 3.8) is 0 Å². The highest BCUT2D eigenvalue weighted by Gasteiger charge is 2.43. The Kier molecular flexibility index (Phi) is 4.14. The number of urea groups is 1. The smallest absolute Gasteiger partial charge is 0.368 e. The lowest BCUT2D eigenvalue weighted by Gasteiger charge is -2.35. The molecule has 2 bridgehead atoms. The summed E-state index contributed by atoms with van der Waals surface area (Å²) >= 11 is 5.72. The van der Waals surface area contributed by atoms with E-state index in [2.05, 4.69) is 15.3 Å². The van der Waals surface area contributed by atoms with Gasteiger partial charge < -0.3 is 16.0 Å². The molecular formula is C17H15ClF3N5O. The first-order valence-electron chi connectivity index (χ1n) is 8.31. The van der Waals surface area contributed by atoms with Gasteiger partial charge in [-0.05, 0) is 31.0 Å². The number of nitrogen functional groups attached to an aromatic ring is 1. The molecule has 0 spiro atoms. The summed E-state index contributed by atoms with van der Waals surface area (Å²) < 4.78 is 38.4. The van der Waals surface area contributed by atoms with Crippen molar-refractivity contribution >= 4 is 29.3 Å². The Balaban J connectivity index is 1.56. The SMILES string of the molecule is Nc1ncc2c(n1)CC1CCC2N1C(=O)Nc1ccc(C(F)(F)F)c(Cl)c1. The zero-order valence-electron chi connectivity index (χ0n) is 13.9. The normalized spacial score (nSPS) is 21.1. The molecule has 27 heavy (non-hydrogen) atoms. The van der Waals surface area contributed by atoms with Gasteiger partial charge in [0, 0.05) is 29.9 Å². The number of aromatic nitrogens is 2. The Morgan fingerprint density at radius 2 is 2.11 bits per heavy atom. The third kappa shape index (κ3) is 3.16. The zero-order valence-corrected chi connectivity index (χ0v) is 14.7. The van der Waals surface area contributed by atoms with Crippen molar-refractivity contribution in [2.24, 2.45) is 0 Å². The van der Waals surface area contributed by atoms with Crippen molar-refractivity contribution in [2.45, 2.75) is 37.5 Å². The van der Waals surface area contributed by atoms with E-state index in [1.807, 2.05) is 0 Å². The van der Waals surface area contributed by atoms with Crippen LogP contribution >= 0.6 is 11.6 Å². The maximum absolute atomic E-state index is 12.8. The lowest BCUT2D eigenvalue weighted by atomic mass is 10.00. The third-order valence-electron chi connectivity index (χ3n) is 4.97. The molecule has 2 unspecified atom stereocenters. The van der Waals surface area contributed by atoms with Crippen LogP contribution in [0.5, 0.6) is 0 Å². The van der Waals surface area contributed by atoms with Crippen molar-refractivity contribution < 1.29 is 18.0 Å². The number of fused-ring (bicyclic) bond motifs is 4. The maximum atomic E-state index is 12.8. The molecule has 4 rings (SSSR count). The first kappa shape index (κ1) is 17.8. The van der Waals surface area contributed by atoms with E-state index < -0.39 is 16.8 Å². The second-order valence-electron chi connectivity index (χ2n) is 6.61. The lowest BCUT2D eigenvalue weighted by Crippen LogP contribution is -2.44. The fourth-order valence-electron chi connectivity index (χ4n) is 3.81. The fraction of sp³-hybridized carbons (Fsp3) is 0.353. The van der Waals surface area contributed by atoms with Gasteiger partial charge in [0.05, 0.1) is 22.3 Å². The van der Waals surface area contributed by atoms with Crippen LogP contribution in [0.4, 0.5) is 29.6 Å². The lowest BCUT2D eigenvalue weighted by molar-refractivity contribution is -0.137. The molecule has 1 saturated heterocycles. The molecule has 0 aliphatic carbocycles. The van der Waals surface area contributed by atoms with Gasteiger partial charge in [0.2, 0.25) is 5.95 Å². The number of alkyl halides is 3. The van der Waals surface area contributed by atoms with Crippen LogP contribution in [-0.2, 0) is 12.6 Å². The summed E-state index contributed by atoms with van der Waals surface area (Å²) in [5.74, 6) is 0.199. The summed E-state index contributed by atoms with van der Waals surface area (Å²) in [5, 5.41) is 2.18. The minimum absolute atomic E-state index is 0.0401. The van der Waals surface area contributed by atoms with E-state index in [9.17, 15) is 18.0 Å². The van der Waals surface area contributed by atoms with Crippen LogP contribution in [-0.4, -0.2) is 26.9 Å². The third-order valence-corrected chi connectivity index (χ3v) is 5.28. The minimum atomic E-state index is -4.54. The molecule has 1 aromatic carbocycles. The fourth-order valence-corrected chi connectivity index (χ4v) is 4.10. The van der Waals surface area contributed by atoms with Gasteiger partial charge in [-0.25, -0.2) is 14.8 Å². The highest BCUT2D eigenvalue weighted by atomic mass is 35.5. The van der Waals surface area contributed by atoms with E-state index in [-0.39, 0.29) is 29.8 Å². The van der Waals surface area contributed by atoms with E-state index in [0.717, 1.165) is 36.2 Å². The van der Waals surface area contributed by atoms with E-state index in [1.54, 1.807) is 11.1 Å². The number of amides is 2. The van der Waals surface area contributed by atoms with Crippen molar-refractivity contribution in [2.75, 3.05) is 11.1 Å². The van der Waals surface area contributed by atoms with Gasteiger partial charge in [-0.15, -0.1) is 0 Å². The van der Waals surface area contributed by atoms with Crippen molar-refractivity contribution in [3.8, 4) is 0 Å². The summed E-state index contributed by atoms with van der Waals surface area (Å²) in [5.41, 5.74) is 6.61. The number of nitrogens with zero attached hydrogens (tertiary/aromatic N) is 3. The molecule has 1 aromatic heterocycles. The number of carbonyl (C=O) groups is 1. The topological polar surface area (TPSA) is 84.1 Å². The Hall–Kier alpha value is -2.55. The molecule has 2 aromatic rings. The summed E-state index contributed by atoms with van der Waals surface area (Å²) in [4.78, 5) is 22.8. The second kappa shape index (κ2) is 6.26. The number of nitrogens with one attached hydrogen (secondary N) is 1. The second-order valence-corrected chi connectivity index (χ2v) is 7.02. The number of hydrogen-bond donors (Lipinski definition) is 2. The van der Waals surface area contributed by atoms with Crippen molar-refractivity contribution in [1.82, 2.24) is 14.9 Å². The molecule has 1 fully saturated rings. The first-order valence-corrected chi connectivity index (χ1v) is 8.69. The van der Waals surface area contributed by atoms with Gasteiger partial charge in [-0.3, -0.25) is 0 Å². The highest BCUT2D eigenvalue weighted by molar-refractivity contribution is 6.31. The Bertz CT molecular complexity index is 920. The van der Waals surface area contributed by atoms with Crippen LogP contribution < -0.4 is 11.1 Å². The number of halogens is 4. The molecule has 2 aliphatic rings. The Labute approximate surface area is 157 Å². The summed E-state index contributed by atoms with van der Waals surface area (Å²) in [6.45, 7) is 0. The summed E-state index contributed by atoms with van der Waals surface area (Å²) in [6.07, 6.45) is -0.760. The van der Waals surface area contributed by atoms with Crippen molar-refractivity contribution in [3.05, 3.63) is 46.2 Å². The molecule has 3 heterocycles. The molecule has 0 saturated carbocycles. The number of anilines is 2. The zero-order chi connectivity index (χ0) is 19.3. The number of hydrogen-bond acceptors (Lipinski definition) is 4. The molecule has 142 valence electrons.